The summed E-state index contributed by atoms with van der Waals surface area (Å²) in [5.41, 5.74) is 1.31. The largest absolute Gasteiger partial charge is 0.335 e. The van der Waals surface area contributed by atoms with Crippen molar-refractivity contribution in [3.05, 3.63) is 21.9 Å². The number of hydrogen-bond acceptors (Lipinski definition) is 4. The lowest BCUT2D eigenvalue weighted by molar-refractivity contribution is -0.158. The van der Waals surface area contributed by atoms with Crippen LogP contribution >= 0.6 is 11.3 Å². The van der Waals surface area contributed by atoms with Crippen LogP contribution in [0, 0.1) is 6.92 Å². The standard InChI is InChI=1S/C14H19N3O2S/c1-10-3-6-20-12(10)8-16-4-5-17-11(7-16)14(19)15(2)9-13(17)18/h3,6,11H,4-5,7-9H2,1-2H3/t11-/m1/s1. The molecule has 3 rings (SSSR count). The number of aryl methyl sites for hydroxylation is 1. The van der Waals surface area contributed by atoms with Crippen LogP contribution in [-0.4, -0.2) is 65.8 Å². The van der Waals surface area contributed by atoms with Gasteiger partial charge in [-0.05, 0) is 23.9 Å². The van der Waals surface area contributed by atoms with Gasteiger partial charge in [0.15, 0.2) is 0 Å². The number of carbonyl (C=O) groups excluding carboxylic acids is 2. The van der Waals surface area contributed by atoms with Crippen LogP contribution in [0.2, 0.25) is 0 Å². The van der Waals surface area contributed by atoms with Gasteiger partial charge in [-0.2, -0.15) is 0 Å². The third kappa shape index (κ3) is 2.33. The molecule has 0 aromatic carbocycles. The van der Waals surface area contributed by atoms with Gasteiger partial charge in [0, 0.05) is 38.1 Å². The van der Waals surface area contributed by atoms with E-state index in [1.54, 1.807) is 28.2 Å². The average Bonchev–Trinajstić information content (AvgIpc) is 2.82. The van der Waals surface area contributed by atoms with Crippen LogP contribution < -0.4 is 0 Å². The number of likely N-dealkylation sites (N-methyl/N-ethyl adjacent to an activating group) is 1. The Morgan fingerprint density at radius 3 is 2.85 bits per heavy atom. The van der Waals surface area contributed by atoms with Crippen molar-refractivity contribution in [2.45, 2.75) is 19.5 Å². The lowest BCUT2D eigenvalue weighted by Gasteiger charge is -2.45. The molecule has 0 aliphatic carbocycles. The molecule has 1 aromatic rings. The number of thiophene rings is 1. The highest BCUT2D eigenvalue weighted by Crippen LogP contribution is 2.22. The topological polar surface area (TPSA) is 43.9 Å². The van der Waals surface area contributed by atoms with E-state index in [1.807, 2.05) is 0 Å². The molecule has 0 N–H and O–H groups in total. The Balaban J connectivity index is 1.72. The van der Waals surface area contributed by atoms with Crippen molar-refractivity contribution >= 4 is 23.2 Å². The van der Waals surface area contributed by atoms with Gasteiger partial charge in [-0.1, -0.05) is 0 Å². The Labute approximate surface area is 122 Å². The van der Waals surface area contributed by atoms with E-state index in [9.17, 15) is 9.59 Å². The third-order valence-corrected chi connectivity index (χ3v) is 5.16. The van der Waals surface area contributed by atoms with Crippen LogP contribution in [0.4, 0.5) is 0 Å². The first-order valence-electron chi connectivity index (χ1n) is 6.86. The minimum atomic E-state index is -0.296. The number of carbonyl (C=O) groups is 2. The van der Waals surface area contributed by atoms with Crippen molar-refractivity contribution in [3.8, 4) is 0 Å². The highest BCUT2D eigenvalue weighted by molar-refractivity contribution is 7.10. The Morgan fingerprint density at radius 2 is 2.15 bits per heavy atom. The summed E-state index contributed by atoms with van der Waals surface area (Å²) in [6, 6.07) is 1.83. The zero-order chi connectivity index (χ0) is 14.3. The molecular weight excluding hydrogens is 274 g/mol. The SMILES string of the molecule is Cc1ccsc1CN1CCN2C(=O)CN(C)C(=O)[C@H]2C1. The van der Waals surface area contributed by atoms with Gasteiger partial charge in [-0.3, -0.25) is 14.5 Å². The van der Waals surface area contributed by atoms with Crippen molar-refractivity contribution in [2.75, 3.05) is 33.2 Å². The highest BCUT2D eigenvalue weighted by Gasteiger charge is 2.41. The second kappa shape index (κ2) is 5.18. The van der Waals surface area contributed by atoms with Crippen LogP contribution in [0.25, 0.3) is 0 Å². The van der Waals surface area contributed by atoms with E-state index in [-0.39, 0.29) is 24.4 Å². The van der Waals surface area contributed by atoms with E-state index in [0.717, 1.165) is 13.1 Å². The monoisotopic (exact) mass is 293 g/mol. The molecule has 1 atom stereocenters. The third-order valence-electron chi connectivity index (χ3n) is 4.15. The quantitative estimate of drug-likeness (QED) is 0.799. The molecular formula is C14H19N3O2S. The molecule has 2 fully saturated rings. The average molecular weight is 293 g/mol. The molecule has 0 spiro atoms. The minimum Gasteiger partial charge on any atom is -0.335 e. The second-order valence-corrected chi connectivity index (χ2v) is 6.56. The van der Waals surface area contributed by atoms with Gasteiger partial charge in [0.1, 0.15) is 6.04 Å². The summed E-state index contributed by atoms with van der Waals surface area (Å²) in [6.45, 7) is 5.36. The predicted octanol–water partition coefficient (Wildman–Crippen LogP) is 0.541. The number of amides is 2. The lowest BCUT2D eigenvalue weighted by atomic mass is 10.1. The molecule has 0 bridgehead atoms. The maximum absolute atomic E-state index is 12.2. The molecule has 0 unspecified atom stereocenters. The van der Waals surface area contributed by atoms with Gasteiger partial charge in [-0.15, -0.1) is 11.3 Å². The summed E-state index contributed by atoms with van der Waals surface area (Å²) >= 11 is 1.76. The van der Waals surface area contributed by atoms with Gasteiger partial charge in [0.25, 0.3) is 0 Å². The summed E-state index contributed by atoms with van der Waals surface area (Å²) in [4.78, 5) is 31.1. The fourth-order valence-corrected chi connectivity index (χ4v) is 3.84. The van der Waals surface area contributed by atoms with E-state index in [2.05, 4.69) is 23.3 Å². The minimum absolute atomic E-state index is 0.0669. The molecule has 3 heterocycles. The van der Waals surface area contributed by atoms with Crippen molar-refractivity contribution in [2.24, 2.45) is 0 Å². The molecule has 2 saturated heterocycles. The van der Waals surface area contributed by atoms with E-state index < -0.39 is 0 Å². The number of hydrogen-bond donors (Lipinski definition) is 0. The van der Waals surface area contributed by atoms with Crippen molar-refractivity contribution < 1.29 is 9.59 Å². The predicted molar refractivity (Wildman–Crippen MR) is 77.5 cm³/mol. The molecule has 2 aliphatic heterocycles. The number of nitrogens with zero attached hydrogens (tertiary/aromatic N) is 3. The lowest BCUT2D eigenvalue weighted by Crippen LogP contribution is -2.65. The van der Waals surface area contributed by atoms with Crippen LogP contribution in [0.1, 0.15) is 10.4 Å². The number of rotatable bonds is 2. The molecule has 5 nitrogen and oxygen atoms in total. The van der Waals surface area contributed by atoms with Gasteiger partial charge < -0.3 is 9.80 Å². The summed E-state index contributed by atoms with van der Waals surface area (Å²) in [6.07, 6.45) is 0. The zero-order valence-corrected chi connectivity index (χ0v) is 12.7. The molecule has 0 radical (unpaired) electrons. The smallest absolute Gasteiger partial charge is 0.246 e. The van der Waals surface area contributed by atoms with Crippen LogP contribution in [0.3, 0.4) is 0 Å². The highest BCUT2D eigenvalue weighted by atomic mass is 32.1. The summed E-state index contributed by atoms with van der Waals surface area (Å²) < 4.78 is 0. The van der Waals surface area contributed by atoms with Crippen LogP contribution in [-0.2, 0) is 16.1 Å². The Morgan fingerprint density at radius 1 is 1.35 bits per heavy atom. The van der Waals surface area contributed by atoms with Crippen LogP contribution in [0.15, 0.2) is 11.4 Å². The number of piperazine rings is 2. The molecule has 2 aliphatic rings. The number of fused-ring (bicyclic) bond motifs is 1. The van der Waals surface area contributed by atoms with Gasteiger partial charge >= 0.3 is 0 Å². The zero-order valence-electron chi connectivity index (χ0n) is 11.8. The van der Waals surface area contributed by atoms with Crippen molar-refractivity contribution in [1.82, 2.24) is 14.7 Å². The Kier molecular flexibility index (Phi) is 3.52. The fourth-order valence-electron chi connectivity index (χ4n) is 2.89. The normalized spacial score (nSPS) is 24.2. The van der Waals surface area contributed by atoms with Gasteiger partial charge in [0.2, 0.25) is 11.8 Å². The van der Waals surface area contributed by atoms with Crippen molar-refractivity contribution in [3.63, 3.8) is 0 Å². The first-order valence-corrected chi connectivity index (χ1v) is 7.74. The van der Waals surface area contributed by atoms with Crippen molar-refractivity contribution in [1.29, 1.82) is 0 Å². The Bertz CT molecular complexity index is 542. The molecule has 6 heteroatoms. The van der Waals surface area contributed by atoms with E-state index in [4.69, 9.17) is 0 Å². The summed E-state index contributed by atoms with van der Waals surface area (Å²) in [5, 5.41) is 2.10. The van der Waals surface area contributed by atoms with Gasteiger partial charge in [-0.25, -0.2) is 0 Å². The maximum Gasteiger partial charge on any atom is 0.246 e. The molecule has 20 heavy (non-hydrogen) atoms. The molecule has 108 valence electrons. The molecule has 0 saturated carbocycles. The van der Waals surface area contributed by atoms with Gasteiger partial charge in [0.05, 0.1) is 6.54 Å². The fraction of sp³-hybridized carbons (Fsp3) is 0.571. The summed E-state index contributed by atoms with van der Waals surface area (Å²) in [7, 11) is 1.71. The summed E-state index contributed by atoms with van der Waals surface area (Å²) in [5.74, 6) is 0.140. The maximum atomic E-state index is 12.2. The molecule has 2 amide bonds. The molecule has 1 aromatic heterocycles. The van der Waals surface area contributed by atoms with E-state index in [0.29, 0.717) is 13.1 Å². The van der Waals surface area contributed by atoms with E-state index >= 15 is 0 Å². The first-order chi connectivity index (χ1) is 9.56. The first kappa shape index (κ1) is 13.6. The van der Waals surface area contributed by atoms with Crippen LogP contribution in [0.5, 0.6) is 0 Å². The van der Waals surface area contributed by atoms with E-state index in [1.165, 1.54) is 10.4 Å². The Hall–Kier alpha value is -1.40. The second-order valence-electron chi connectivity index (χ2n) is 5.56.